The van der Waals surface area contributed by atoms with Crippen molar-refractivity contribution in [2.45, 2.75) is 19.8 Å². The van der Waals surface area contributed by atoms with Gasteiger partial charge in [-0.25, -0.2) is 9.18 Å². The molecule has 0 N–H and O–H groups in total. The summed E-state index contributed by atoms with van der Waals surface area (Å²) in [5.41, 5.74) is 0.740. The number of ether oxygens (including phenoxy) is 2. The lowest BCUT2D eigenvalue weighted by Gasteiger charge is -2.20. The Morgan fingerprint density at radius 3 is 3.12 bits per heavy atom. The van der Waals surface area contributed by atoms with Crippen molar-refractivity contribution >= 4 is 17.6 Å². The van der Waals surface area contributed by atoms with E-state index in [0.29, 0.717) is 24.3 Å². The van der Waals surface area contributed by atoms with Gasteiger partial charge in [0.1, 0.15) is 11.6 Å². The minimum atomic E-state index is -0.657. The summed E-state index contributed by atoms with van der Waals surface area (Å²) in [6.07, 6.45) is 1.42. The average Bonchev–Trinajstić information content (AvgIpc) is 2.31. The summed E-state index contributed by atoms with van der Waals surface area (Å²) in [5.74, 6) is -0.865. The first kappa shape index (κ1) is 12.2. The number of esters is 1. The molecule has 1 aliphatic rings. The molecule has 1 aliphatic heterocycles. The van der Waals surface area contributed by atoms with E-state index in [0.717, 1.165) is 6.42 Å². The minimum absolute atomic E-state index is 0.100. The van der Waals surface area contributed by atoms with Gasteiger partial charge < -0.3 is 9.47 Å². The fraction of sp³-hybridized carbons (Fsp3) is 0.417. The molecule has 17 heavy (non-hydrogen) atoms. The molecule has 3 nitrogen and oxygen atoms in total. The van der Waals surface area contributed by atoms with Crippen LogP contribution in [0.1, 0.15) is 29.3 Å². The third kappa shape index (κ3) is 2.22. The Bertz CT molecular complexity index is 460. The van der Waals surface area contributed by atoms with Crippen molar-refractivity contribution in [3.05, 3.63) is 28.0 Å². The molecule has 0 aromatic heterocycles. The van der Waals surface area contributed by atoms with Crippen molar-refractivity contribution in [3.63, 3.8) is 0 Å². The summed E-state index contributed by atoms with van der Waals surface area (Å²) in [4.78, 5) is 11.8. The van der Waals surface area contributed by atoms with Gasteiger partial charge in [0.15, 0.2) is 0 Å². The van der Waals surface area contributed by atoms with Gasteiger partial charge in [-0.15, -0.1) is 0 Å². The lowest BCUT2D eigenvalue weighted by molar-refractivity contribution is 0.0523. The first-order valence-corrected chi connectivity index (χ1v) is 5.83. The average molecular weight is 259 g/mol. The maximum absolute atomic E-state index is 13.5. The number of rotatable bonds is 2. The molecule has 2 rings (SSSR count). The third-order valence-electron chi connectivity index (χ3n) is 2.59. The van der Waals surface area contributed by atoms with E-state index in [-0.39, 0.29) is 17.2 Å². The van der Waals surface area contributed by atoms with Gasteiger partial charge in [-0.1, -0.05) is 11.6 Å². The van der Waals surface area contributed by atoms with Gasteiger partial charge in [-0.3, -0.25) is 0 Å². The van der Waals surface area contributed by atoms with E-state index in [2.05, 4.69) is 0 Å². The molecular weight excluding hydrogens is 247 g/mol. The molecule has 0 bridgehead atoms. The predicted molar refractivity (Wildman–Crippen MR) is 61.2 cm³/mol. The number of benzene rings is 1. The lowest BCUT2D eigenvalue weighted by atomic mass is 9.99. The van der Waals surface area contributed by atoms with Crippen molar-refractivity contribution in [1.29, 1.82) is 0 Å². The van der Waals surface area contributed by atoms with Crippen LogP contribution in [-0.2, 0) is 11.2 Å². The maximum atomic E-state index is 13.5. The van der Waals surface area contributed by atoms with Gasteiger partial charge >= 0.3 is 5.97 Å². The molecule has 1 aromatic rings. The number of carbonyl (C=O) groups is 1. The molecule has 0 aliphatic carbocycles. The van der Waals surface area contributed by atoms with Crippen LogP contribution in [0.3, 0.4) is 0 Å². The monoisotopic (exact) mass is 258 g/mol. The van der Waals surface area contributed by atoms with Crippen LogP contribution in [0, 0.1) is 5.82 Å². The zero-order valence-electron chi connectivity index (χ0n) is 9.39. The van der Waals surface area contributed by atoms with Gasteiger partial charge in [0.2, 0.25) is 0 Å². The van der Waals surface area contributed by atoms with Crippen LogP contribution in [0.2, 0.25) is 5.02 Å². The Kier molecular flexibility index (Phi) is 3.52. The molecule has 0 fully saturated rings. The number of fused-ring (bicyclic) bond motifs is 1. The van der Waals surface area contributed by atoms with Crippen LogP contribution < -0.4 is 4.74 Å². The SMILES string of the molecule is CCOC(=O)c1c(Cl)c(F)cc2c1CCCO2. The molecule has 0 radical (unpaired) electrons. The highest BCUT2D eigenvalue weighted by Crippen LogP contribution is 2.35. The Morgan fingerprint density at radius 1 is 1.65 bits per heavy atom. The fourth-order valence-corrected chi connectivity index (χ4v) is 2.11. The molecule has 1 aromatic carbocycles. The summed E-state index contributed by atoms with van der Waals surface area (Å²) in [6, 6.07) is 1.22. The highest BCUT2D eigenvalue weighted by atomic mass is 35.5. The molecule has 1 heterocycles. The van der Waals surface area contributed by atoms with Crippen LogP contribution in [0.25, 0.3) is 0 Å². The van der Waals surface area contributed by atoms with Gasteiger partial charge in [0, 0.05) is 11.6 Å². The summed E-state index contributed by atoms with van der Waals surface area (Å²) in [7, 11) is 0. The van der Waals surface area contributed by atoms with Gasteiger partial charge in [-0.2, -0.15) is 0 Å². The fourth-order valence-electron chi connectivity index (χ4n) is 1.86. The first-order valence-electron chi connectivity index (χ1n) is 5.46. The van der Waals surface area contributed by atoms with Crippen LogP contribution in [-0.4, -0.2) is 19.2 Å². The van der Waals surface area contributed by atoms with E-state index >= 15 is 0 Å². The normalized spacial score (nSPS) is 13.8. The van der Waals surface area contributed by atoms with Crippen LogP contribution >= 0.6 is 11.6 Å². The Hall–Kier alpha value is -1.29. The summed E-state index contributed by atoms with van der Waals surface area (Å²) in [6.45, 7) is 2.44. The van der Waals surface area contributed by atoms with Gasteiger partial charge in [0.05, 0.1) is 23.8 Å². The topological polar surface area (TPSA) is 35.5 Å². The first-order chi connectivity index (χ1) is 8.15. The predicted octanol–water partition coefficient (Wildman–Crippen LogP) is 2.98. The molecule has 0 saturated carbocycles. The zero-order valence-corrected chi connectivity index (χ0v) is 10.1. The molecule has 5 heteroatoms. The standard InChI is InChI=1S/C12H12ClFO3/c1-2-16-12(15)10-7-4-3-5-17-9(7)6-8(14)11(10)13/h6H,2-5H2,1H3. The quantitative estimate of drug-likeness (QED) is 0.765. The largest absolute Gasteiger partial charge is 0.493 e. The van der Waals surface area contributed by atoms with E-state index in [9.17, 15) is 9.18 Å². The van der Waals surface area contributed by atoms with Gasteiger partial charge in [0.25, 0.3) is 0 Å². The third-order valence-corrected chi connectivity index (χ3v) is 2.96. The number of hydrogen-bond acceptors (Lipinski definition) is 3. The second-order valence-corrected chi connectivity index (χ2v) is 4.07. The smallest absolute Gasteiger partial charge is 0.340 e. The number of hydrogen-bond donors (Lipinski definition) is 0. The molecular formula is C12H12ClFO3. The van der Waals surface area contributed by atoms with Crippen LogP contribution in [0.15, 0.2) is 6.07 Å². The van der Waals surface area contributed by atoms with Crippen molar-refractivity contribution in [3.8, 4) is 5.75 Å². The van der Waals surface area contributed by atoms with Crippen molar-refractivity contribution < 1.29 is 18.7 Å². The van der Waals surface area contributed by atoms with Crippen LogP contribution in [0.5, 0.6) is 5.75 Å². The van der Waals surface area contributed by atoms with Crippen molar-refractivity contribution in [2.24, 2.45) is 0 Å². The number of carbonyl (C=O) groups excluding carboxylic acids is 1. The Labute approximate surface area is 103 Å². The summed E-state index contributed by atoms with van der Waals surface area (Å²) >= 11 is 5.83. The molecule has 92 valence electrons. The van der Waals surface area contributed by atoms with E-state index in [4.69, 9.17) is 21.1 Å². The highest BCUT2D eigenvalue weighted by molar-refractivity contribution is 6.34. The molecule has 0 saturated heterocycles. The maximum Gasteiger partial charge on any atom is 0.340 e. The highest BCUT2D eigenvalue weighted by Gasteiger charge is 2.25. The molecule has 0 amide bonds. The van der Waals surface area contributed by atoms with E-state index in [1.54, 1.807) is 6.92 Å². The van der Waals surface area contributed by atoms with Crippen molar-refractivity contribution in [1.82, 2.24) is 0 Å². The lowest BCUT2D eigenvalue weighted by Crippen LogP contribution is -2.16. The molecule has 0 spiro atoms. The Balaban J connectivity index is 2.54. The van der Waals surface area contributed by atoms with Crippen molar-refractivity contribution in [2.75, 3.05) is 13.2 Å². The Morgan fingerprint density at radius 2 is 2.41 bits per heavy atom. The second-order valence-electron chi connectivity index (χ2n) is 3.70. The van der Waals surface area contributed by atoms with E-state index < -0.39 is 11.8 Å². The minimum Gasteiger partial charge on any atom is -0.493 e. The summed E-state index contributed by atoms with van der Waals surface area (Å²) in [5, 5.41) is -0.187. The molecule has 0 unspecified atom stereocenters. The second kappa shape index (κ2) is 4.92. The zero-order chi connectivity index (χ0) is 12.4. The van der Waals surface area contributed by atoms with E-state index in [1.807, 2.05) is 0 Å². The van der Waals surface area contributed by atoms with Gasteiger partial charge in [-0.05, 0) is 19.8 Å². The van der Waals surface area contributed by atoms with Crippen LogP contribution in [0.4, 0.5) is 4.39 Å². The summed E-state index contributed by atoms with van der Waals surface area (Å²) < 4.78 is 23.8. The van der Waals surface area contributed by atoms with E-state index in [1.165, 1.54) is 6.07 Å². The number of halogens is 2. The molecule has 0 atom stereocenters.